The summed E-state index contributed by atoms with van der Waals surface area (Å²) in [6.07, 6.45) is 0.954. The van der Waals surface area contributed by atoms with Crippen LogP contribution in [-0.2, 0) is 10.0 Å². The summed E-state index contributed by atoms with van der Waals surface area (Å²) < 4.78 is 27.7. The van der Waals surface area contributed by atoms with Gasteiger partial charge in [-0.05, 0) is 40.2 Å². The van der Waals surface area contributed by atoms with Crippen LogP contribution in [0.25, 0.3) is 0 Å². The van der Waals surface area contributed by atoms with E-state index in [1.54, 1.807) is 11.4 Å². The molecule has 1 N–H and O–H groups in total. The summed E-state index contributed by atoms with van der Waals surface area (Å²) in [5.74, 6) is 0.327. The molecule has 1 heterocycles. The molecule has 0 aliphatic rings. The van der Waals surface area contributed by atoms with Crippen LogP contribution in [0.4, 0.5) is 0 Å². The van der Waals surface area contributed by atoms with E-state index in [1.807, 2.05) is 13.8 Å². The van der Waals surface area contributed by atoms with Gasteiger partial charge in [0.2, 0.25) is 0 Å². The maximum absolute atomic E-state index is 12.0. The third-order valence-electron chi connectivity index (χ3n) is 2.67. The highest BCUT2D eigenvalue weighted by Gasteiger charge is 2.23. The molecule has 0 amide bonds. The SMILES string of the molecule is CCC(C)C(C)NS(=O)(=O)c1sccc1Br. The van der Waals surface area contributed by atoms with E-state index in [9.17, 15) is 8.42 Å². The standard InChI is InChI=1S/C10H16BrNO2S2/c1-4-7(2)8(3)12-16(13,14)10-9(11)5-6-15-10/h5-8,12H,4H2,1-3H3. The molecule has 0 radical (unpaired) electrons. The normalized spacial score (nSPS) is 16.0. The maximum atomic E-state index is 12.0. The minimum atomic E-state index is -3.38. The summed E-state index contributed by atoms with van der Waals surface area (Å²) in [6, 6.07) is 1.69. The Bertz CT molecular complexity index is 441. The number of thiophene rings is 1. The molecule has 0 fully saturated rings. The molecule has 1 rings (SSSR count). The summed E-state index contributed by atoms with van der Waals surface area (Å²) in [6.45, 7) is 5.99. The largest absolute Gasteiger partial charge is 0.251 e. The molecule has 1 aromatic rings. The molecular formula is C10H16BrNO2S2. The highest BCUT2D eigenvalue weighted by molar-refractivity contribution is 9.10. The van der Waals surface area contributed by atoms with Gasteiger partial charge in [0, 0.05) is 10.5 Å². The van der Waals surface area contributed by atoms with Gasteiger partial charge in [-0.15, -0.1) is 11.3 Å². The lowest BCUT2D eigenvalue weighted by molar-refractivity contribution is 0.434. The summed E-state index contributed by atoms with van der Waals surface area (Å²) in [7, 11) is -3.38. The zero-order chi connectivity index (χ0) is 12.3. The fourth-order valence-corrected chi connectivity index (χ4v) is 4.95. The fourth-order valence-electron chi connectivity index (χ4n) is 1.24. The Kier molecular flexibility index (Phi) is 4.97. The van der Waals surface area contributed by atoms with Crippen LogP contribution >= 0.6 is 27.3 Å². The molecule has 1 aromatic heterocycles. The second kappa shape index (κ2) is 5.62. The Balaban J connectivity index is 2.85. The average Bonchev–Trinajstić information content (AvgIpc) is 2.63. The topological polar surface area (TPSA) is 46.2 Å². The molecule has 0 aliphatic heterocycles. The first-order chi connectivity index (χ1) is 7.38. The fraction of sp³-hybridized carbons (Fsp3) is 0.600. The Hall–Kier alpha value is 0.0900. The molecule has 16 heavy (non-hydrogen) atoms. The smallest absolute Gasteiger partial charge is 0.207 e. The van der Waals surface area contributed by atoms with Crippen molar-refractivity contribution in [1.29, 1.82) is 0 Å². The molecule has 3 nitrogen and oxygen atoms in total. The van der Waals surface area contributed by atoms with Crippen molar-refractivity contribution in [2.45, 2.75) is 37.4 Å². The van der Waals surface area contributed by atoms with Crippen molar-refractivity contribution in [2.24, 2.45) is 5.92 Å². The van der Waals surface area contributed by atoms with E-state index in [-0.39, 0.29) is 6.04 Å². The molecule has 0 saturated carbocycles. The van der Waals surface area contributed by atoms with Crippen LogP contribution in [-0.4, -0.2) is 14.5 Å². The van der Waals surface area contributed by atoms with Crippen LogP contribution in [0.1, 0.15) is 27.2 Å². The van der Waals surface area contributed by atoms with Crippen molar-refractivity contribution in [3.63, 3.8) is 0 Å². The number of hydrogen-bond acceptors (Lipinski definition) is 3. The highest BCUT2D eigenvalue weighted by Crippen LogP contribution is 2.27. The van der Waals surface area contributed by atoms with Gasteiger partial charge in [0.05, 0.1) is 0 Å². The number of sulfonamides is 1. The van der Waals surface area contributed by atoms with Gasteiger partial charge in [-0.1, -0.05) is 20.3 Å². The van der Waals surface area contributed by atoms with E-state index in [4.69, 9.17) is 0 Å². The van der Waals surface area contributed by atoms with Crippen LogP contribution in [0, 0.1) is 5.92 Å². The highest BCUT2D eigenvalue weighted by atomic mass is 79.9. The zero-order valence-corrected chi connectivity index (χ0v) is 12.7. The number of halogens is 1. The van der Waals surface area contributed by atoms with E-state index in [2.05, 4.69) is 27.6 Å². The molecule has 2 unspecified atom stereocenters. The first-order valence-electron chi connectivity index (χ1n) is 5.13. The Morgan fingerprint density at radius 2 is 2.12 bits per heavy atom. The van der Waals surface area contributed by atoms with E-state index >= 15 is 0 Å². The summed E-state index contributed by atoms with van der Waals surface area (Å²) >= 11 is 4.46. The first-order valence-corrected chi connectivity index (χ1v) is 8.29. The van der Waals surface area contributed by atoms with E-state index < -0.39 is 10.0 Å². The van der Waals surface area contributed by atoms with Crippen molar-refractivity contribution in [1.82, 2.24) is 4.72 Å². The Morgan fingerprint density at radius 1 is 1.50 bits per heavy atom. The van der Waals surface area contributed by atoms with Crippen LogP contribution < -0.4 is 4.72 Å². The van der Waals surface area contributed by atoms with E-state index in [1.165, 1.54) is 11.3 Å². The van der Waals surface area contributed by atoms with Crippen molar-refractivity contribution < 1.29 is 8.42 Å². The van der Waals surface area contributed by atoms with Crippen LogP contribution in [0.5, 0.6) is 0 Å². The Morgan fingerprint density at radius 3 is 2.56 bits per heavy atom. The Labute approximate surface area is 109 Å². The lowest BCUT2D eigenvalue weighted by Crippen LogP contribution is -2.36. The molecule has 0 aliphatic carbocycles. The summed E-state index contributed by atoms with van der Waals surface area (Å²) in [5.41, 5.74) is 0. The van der Waals surface area contributed by atoms with Gasteiger partial charge in [-0.25, -0.2) is 13.1 Å². The minimum Gasteiger partial charge on any atom is -0.207 e. The van der Waals surface area contributed by atoms with Gasteiger partial charge in [0.1, 0.15) is 4.21 Å². The predicted molar refractivity (Wildman–Crippen MR) is 71.3 cm³/mol. The van der Waals surface area contributed by atoms with Crippen molar-refractivity contribution in [3.05, 3.63) is 15.9 Å². The number of rotatable bonds is 5. The molecule has 92 valence electrons. The zero-order valence-electron chi connectivity index (χ0n) is 9.53. The van der Waals surface area contributed by atoms with E-state index in [0.29, 0.717) is 14.6 Å². The van der Waals surface area contributed by atoms with Gasteiger partial charge in [-0.2, -0.15) is 0 Å². The minimum absolute atomic E-state index is 0.0519. The molecule has 0 saturated heterocycles. The summed E-state index contributed by atoms with van der Waals surface area (Å²) in [4.78, 5) is 0. The second-order valence-corrected chi connectivity index (χ2v) is 7.53. The summed E-state index contributed by atoms with van der Waals surface area (Å²) in [5, 5.41) is 1.76. The third kappa shape index (κ3) is 3.29. The molecule has 0 spiro atoms. The molecule has 0 aromatic carbocycles. The van der Waals surface area contributed by atoms with Gasteiger partial charge in [0.25, 0.3) is 10.0 Å². The van der Waals surface area contributed by atoms with Gasteiger partial charge >= 0.3 is 0 Å². The van der Waals surface area contributed by atoms with Gasteiger partial charge in [-0.3, -0.25) is 0 Å². The monoisotopic (exact) mass is 325 g/mol. The third-order valence-corrected chi connectivity index (χ3v) is 6.90. The average molecular weight is 326 g/mol. The molecule has 6 heteroatoms. The van der Waals surface area contributed by atoms with Gasteiger partial charge < -0.3 is 0 Å². The first kappa shape index (κ1) is 14.2. The van der Waals surface area contributed by atoms with Crippen LogP contribution in [0.3, 0.4) is 0 Å². The molecule has 0 bridgehead atoms. The quantitative estimate of drug-likeness (QED) is 0.903. The van der Waals surface area contributed by atoms with Crippen molar-refractivity contribution in [3.8, 4) is 0 Å². The molecule has 2 atom stereocenters. The lowest BCUT2D eigenvalue weighted by atomic mass is 10.0. The van der Waals surface area contributed by atoms with Crippen LogP contribution in [0.15, 0.2) is 20.1 Å². The van der Waals surface area contributed by atoms with Crippen molar-refractivity contribution in [2.75, 3.05) is 0 Å². The lowest BCUT2D eigenvalue weighted by Gasteiger charge is -2.19. The second-order valence-electron chi connectivity index (χ2n) is 3.85. The predicted octanol–water partition coefficient (Wildman–Crippen LogP) is 3.22. The van der Waals surface area contributed by atoms with E-state index in [0.717, 1.165) is 6.42 Å². The number of nitrogens with one attached hydrogen (secondary N) is 1. The van der Waals surface area contributed by atoms with Gasteiger partial charge in [0.15, 0.2) is 0 Å². The number of hydrogen-bond donors (Lipinski definition) is 1. The van der Waals surface area contributed by atoms with Crippen LogP contribution in [0.2, 0.25) is 0 Å². The van der Waals surface area contributed by atoms with Crippen molar-refractivity contribution >= 4 is 37.3 Å². The maximum Gasteiger partial charge on any atom is 0.251 e. The molecular weight excluding hydrogens is 310 g/mol.